The molecule has 2 aromatic rings. The quantitative estimate of drug-likeness (QED) is 0.438. The van der Waals surface area contributed by atoms with Gasteiger partial charge in [-0.1, -0.05) is 0 Å². The van der Waals surface area contributed by atoms with Crippen LogP contribution in [0, 0.1) is 0 Å². The molecule has 21 heavy (non-hydrogen) atoms. The second-order valence-electron chi connectivity index (χ2n) is 4.62. The second-order valence-corrected chi connectivity index (χ2v) is 4.62. The average molecular weight is 295 g/mol. The molecule has 1 aromatic carbocycles. The summed E-state index contributed by atoms with van der Waals surface area (Å²) in [7, 11) is 0. The van der Waals surface area contributed by atoms with Crippen molar-refractivity contribution in [1.29, 1.82) is 0 Å². The standard InChI is InChI=1S/C14H17NO6/c16-5-3-15(4-6-17)8-9-7-12(19)21-14-10(9)1-2-11(18)13(14)20/h1-2,7,16-18,20H,3-6,8H2. The van der Waals surface area contributed by atoms with Crippen molar-refractivity contribution in [1.82, 2.24) is 4.90 Å². The summed E-state index contributed by atoms with van der Waals surface area (Å²) >= 11 is 0. The highest BCUT2D eigenvalue weighted by atomic mass is 16.4. The summed E-state index contributed by atoms with van der Waals surface area (Å²) in [5.41, 5.74) is -0.143. The van der Waals surface area contributed by atoms with Crippen molar-refractivity contribution in [2.75, 3.05) is 26.3 Å². The first-order chi connectivity index (χ1) is 10.1. The van der Waals surface area contributed by atoms with Crippen molar-refractivity contribution in [3.63, 3.8) is 0 Å². The van der Waals surface area contributed by atoms with Crippen molar-refractivity contribution in [2.24, 2.45) is 0 Å². The summed E-state index contributed by atoms with van der Waals surface area (Å²) in [5, 5.41) is 37.8. The molecule has 4 N–H and O–H groups in total. The molecule has 0 fully saturated rings. The van der Waals surface area contributed by atoms with Gasteiger partial charge in [0.2, 0.25) is 5.75 Å². The predicted octanol–water partition coefficient (Wildman–Crippen LogP) is -0.00920. The number of phenols is 2. The van der Waals surface area contributed by atoms with E-state index in [1.54, 1.807) is 11.0 Å². The van der Waals surface area contributed by atoms with Crippen LogP contribution < -0.4 is 5.63 Å². The molecule has 0 unspecified atom stereocenters. The maximum absolute atomic E-state index is 11.6. The summed E-state index contributed by atoms with van der Waals surface area (Å²) in [6.45, 7) is 0.822. The Kier molecular flexibility index (Phi) is 4.79. The highest BCUT2D eigenvalue weighted by Gasteiger charge is 2.14. The van der Waals surface area contributed by atoms with Gasteiger partial charge < -0.3 is 24.8 Å². The van der Waals surface area contributed by atoms with E-state index in [1.165, 1.54) is 12.1 Å². The van der Waals surface area contributed by atoms with Crippen molar-refractivity contribution in [3.05, 3.63) is 34.2 Å². The molecule has 7 nitrogen and oxygen atoms in total. The van der Waals surface area contributed by atoms with Crippen LogP contribution in [0.15, 0.2) is 27.4 Å². The molecule has 0 amide bonds. The van der Waals surface area contributed by atoms with Gasteiger partial charge in [0.15, 0.2) is 11.3 Å². The molecule has 1 aromatic heterocycles. The number of phenolic OH excluding ortho intramolecular Hbond substituents is 2. The summed E-state index contributed by atoms with van der Waals surface area (Å²) in [4.78, 5) is 13.4. The van der Waals surface area contributed by atoms with Crippen LogP contribution in [0.4, 0.5) is 0 Å². The molecule has 0 saturated carbocycles. The van der Waals surface area contributed by atoms with Crippen LogP contribution in [0.1, 0.15) is 5.56 Å². The van der Waals surface area contributed by atoms with Gasteiger partial charge in [-0.05, 0) is 17.7 Å². The minimum atomic E-state index is -0.647. The predicted molar refractivity (Wildman–Crippen MR) is 75.3 cm³/mol. The Labute approximate surface area is 120 Å². The molecule has 0 radical (unpaired) electrons. The molecule has 0 aliphatic rings. The zero-order valence-electron chi connectivity index (χ0n) is 11.3. The Morgan fingerprint density at radius 1 is 1.10 bits per heavy atom. The van der Waals surface area contributed by atoms with Crippen LogP contribution in [0.5, 0.6) is 11.5 Å². The van der Waals surface area contributed by atoms with Crippen LogP contribution in [0.2, 0.25) is 0 Å². The van der Waals surface area contributed by atoms with Gasteiger partial charge in [0.25, 0.3) is 0 Å². The highest BCUT2D eigenvalue weighted by molar-refractivity contribution is 5.87. The largest absolute Gasteiger partial charge is 0.504 e. The fourth-order valence-corrected chi connectivity index (χ4v) is 2.19. The fourth-order valence-electron chi connectivity index (χ4n) is 2.19. The van der Waals surface area contributed by atoms with Gasteiger partial charge in [0.05, 0.1) is 13.2 Å². The summed E-state index contributed by atoms with van der Waals surface area (Å²) in [6.07, 6.45) is 0. The minimum absolute atomic E-state index is 0.0780. The molecule has 7 heteroatoms. The Bertz CT molecular complexity index is 675. The van der Waals surface area contributed by atoms with E-state index >= 15 is 0 Å². The monoisotopic (exact) mass is 295 g/mol. The number of aliphatic hydroxyl groups is 2. The van der Waals surface area contributed by atoms with E-state index in [0.717, 1.165) is 0 Å². The van der Waals surface area contributed by atoms with E-state index in [0.29, 0.717) is 30.6 Å². The average Bonchev–Trinajstić information content (AvgIpc) is 2.44. The zero-order chi connectivity index (χ0) is 15.4. The Hall–Kier alpha value is -2.09. The van der Waals surface area contributed by atoms with E-state index in [-0.39, 0.29) is 24.5 Å². The third kappa shape index (κ3) is 3.33. The van der Waals surface area contributed by atoms with E-state index in [2.05, 4.69) is 0 Å². The van der Waals surface area contributed by atoms with Crippen molar-refractivity contribution in [3.8, 4) is 11.5 Å². The Morgan fingerprint density at radius 3 is 2.38 bits per heavy atom. The van der Waals surface area contributed by atoms with Gasteiger partial charge >= 0.3 is 5.63 Å². The minimum Gasteiger partial charge on any atom is -0.504 e. The smallest absolute Gasteiger partial charge is 0.336 e. The third-order valence-corrected chi connectivity index (χ3v) is 3.18. The van der Waals surface area contributed by atoms with Crippen LogP contribution in [-0.2, 0) is 6.54 Å². The summed E-state index contributed by atoms with van der Waals surface area (Å²) < 4.78 is 4.93. The molecule has 2 rings (SSSR count). The third-order valence-electron chi connectivity index (χ3n) is 3.18. The Morgan fingerprint density at radius 2 is 1.76 bits per heavy atom. The zero-order valence-corrected chi connectivity index (χ0v) is 11.3. The first kappa shape index (κ1) is 15.3. The number of fused-ring (bicyclic) bond motifs is 1. The molecule has 0 atom stereocenters. The second kappa shape index (κ2) is 6.57. The molecular formula is C14H17NO6. The number of rotatable bonds is 6. The molecule has 1 heterocycles. The first-order valence-corrected chi connectivity index (χ1v) is 6.48. The lowest BCUT2D eigenvalue weighted by Crippen LogP contribution is -2.29. The van der Waals surface area contributed by atoms with Crippen LogP contribution in [-0.4, -0.2) is 51.6 Å². The molecule has 0 spiro atoms. The molecule has 0 bridgehead atoms. The normalized spacial score (nSPS) is 11.4. The lowest BCUT2D eigenvalue weighted by molar-refractivity contribution is 0.156. The molecular weight excluding hydrogens is 278 g/mol. The maximum Gasteiger partial charge on any atom is 0.336 e. The van der Waals surface area contributed by atoms with Crippen LogP contribution in [0.3, 0.4) is 0 Å². The van der Waals surface area contributed by atoms with Gasteiger partial charge in [-0.25, -0.2) is 4.79 Å². The summed E-state index contributed by atoms with van der Waals surface area (Å²) in [6, 6.07) is 4.14. The summed E-state index contributed by atoms with van der Waals surface area (Å²) in [5.74, 6) is -0.854. The molecule has 114 valence electrons. The number of nitrogens with zero attached hydrogens (tertiary/aromatic N) is 1. The lowest BCUT2D eigenvalue weighted by atomic mass is 10.1. The van der Waals surface area contributed by atoms with Gasteiger partial charge in [0, 0.05) is 31.1 Å². The number of hydrogen-bond acceptors (Lipinski definition) is 7. The molecule has 0 aliphatic carbocycles. The molecule has 0 saturated heterocycles. The van der Waals surface area contributed by atoms with Crippen molar-refractivity contribution < 1.29 is 24.8 Å². The van der Waals surface area contributed by atoms with E-state index in [4.69, 9.17) is 14.6 Å². The first-order valence-electron chi connectivity index (χ1n) is 6.48. The van der Waals surface area contributed by atoms with Crippen molar-refractivity contribution in [2.45, 2.75) is 6.54 Å². The lowest BCUT2D eigenvalue weighted by Gasteiger charge is -2.20. The van der Waals surface area contributed by atoms with Gasteiger partial charge in [-0.15, -0.1) is 0 Å². The fraction of sp³-hybridized carbons (Fsp3) is 0.357. The number of benzene rings is 1. The van der Waals surface area contributed by atoms with Crippen molar-refractivity contribution >= 4 is 11.0 Å². The number of hydrogen-bond donors (Lipinski definition) is 4. The van der Waals surface area contributed by atoms with Gasteiger partial charge in [0.1, 0.15) is 0 Å². The van der Waals surface area contributed by atoms with E-state index < -0.39 is 11.4 Å². The Balaban J connectivity index is 2.48. The maximum atomic E-state index is 11.6. The van der Waals surface area contributed by atoms with Crippen LogP contribution >= 0.6 is 0 Å². The molecule has 0 aliphatic heterocycles. The van der Waals surface area contributed by atoms with E-state index in [9.17, 15) is 15.0 Å². The highest BCUT2D eigenvalue weighted by Crippen LogP contribution is 2.34. The van der Waals surface area contributed by atoms with Gasteiger partial charge in [-0.3, -0.25) is 4.90 Å². The van der Waals surface area contributed by atoms with Crippen LogP contribution in [0.25, 0.3) is 11.0 Å². The van der Waals surface area contributed by atoms with Gasteiger partial charge in [-0.2, -0.15) is 0 Å². The topological polar surface area (TPSA) is 114 Å². The SMILES string of the molecule is O=c1cc(CN(CCO)CCO)c2ccc(O)c(O)c2o1. The number of aliphatic hydroxyl groups excluding tert-OH is 2. The number of aromatic hydroxyl groups is 2. The van der Waals surface area contributed by atoms with E-state index in [1.807, 2.05) is 0 Å².